The fraction of sp³-hybridized carbons (Fsp3) is 0.375. The third kappa shape index (κ3) is 3.17. The summed E-state index contributed by atoms with van der Waals surface area (Å²) in [7, 11) is 0. The van der Waals surface area contributed by atoms with E-state index in [1.807, 2.05) is 11.3 Å². The summed E-state index contributed by atoms with van der Waals surface area (Å²) in [6.45, 7) is 1.62. The van der Waals surface area contributed by atoms with Gasteiger partial charge < -0.3 is 10.6 Å². The molecule has 1 aromatic carbocycles. The summed E-state index contributed by atoms with van der Waals surface area (Å²) >= 11 is 8.19. The number of nitrogens with two attached hydrogens (primary N) is 1. The molecule has 1 fully saturated rings. The maximum Gasteiger partial charge on any atom is 0.0525 e. The predicted molar refractivity (Wildman–Crippen MR) is 87.7 cm³/mol. The molecule has 1 saturated carbocycles. The Balaban J connectivity index is 1.82. The number of nitrogens with zero attached hydrogens (tertiary/aromatic N) is 1. The van der Waals surface area contributed by atoms with E-state index in [0.717, 1.165) is 23.6 Å². The van der Waals surface area contributed by atoms with Gasteiger partial charge in [-0.2, -0.15) is 0 Å². The molecule has 2 N–H and O–H groups in total. The molecule has 0 bridgehead atoms. The minimum Gasteiger partial charge on any atom is -0.363 e. The monoisotopic (exact) mass is 306 g/mol. The predicted octanol–water partition coefficient (Wildman–Crippen LogP) is 4.07. The van der Waals surface area contributed by atoms with Crippen LogP contribution in [0.15, 0.2) is 35.7 Å². The second-order valence-electron chi connectivity index (χ2n) is 5.25. The van der Waals surface area contributed by atoms with Crippen LogP contribution in [-0.2, 0) is 13.0 Å². The molecule has 1 aliphatic carbocycles. The zero-order chi connectivity index (χ0) is 13.9. The van der Waals surface area contributed by atoms with Crippen molar-refractivity contribution in [2.24, 2.45) is 5.73 Å². The minimum atomic E-state index is 0.639. The molecule has 0 amide bonds. The standard InChI is InChI=1S/C16H19ClN2S/c17-16-10-14(4-3-12(16)7-8-18)19(13-5-6-13)11-15-2-1-9-20-15/h1-4,9-10,13H,5-8,11,18H2. The van der Waals surface area contributed by atoms with Crippen LogP contribution in [-0.4, -0.2) is 12.6 Å². The number of benzene rings is 1. The number of halogens is 1. The lowest BCUT2D eigenvalue weighted by molar-refractivity contribution is 0.803. The van der Waals surface area contributed by atoms with Gasteiger partial charge in [-0.05, 0) is 54.9 Å². The second-order valence-corrected chi connectivity index (χ2v) is 6.69. The Morgan fingerprint density at radius 3 is 2.75 bits per heavy atom. The first-order valence-electron chi connectivity index (χ1n) is 7.05. The summed E-state index contributed by atoms with van der Waals surface area (Å²) in [5.74, 6) is 0. The zero-order valence-electron chi connectivity index (χ0n) is 11.4. The van der Waals surface area contributed by atoms with Gasteiger partial charge in [0.1, 0.15) is 0 Å². The molecule has 0 atom stereocenters. The highest BCUT2D eigenvalue weighted by Crippen LogP contribution is 2.35. The van der Waals surface area contributed by atoms with Crippen LogP contribution < -0.4 is 10.6 Å². The number of rotatable bonds is 6. The number of hydrogen-bond acceptors (Lipinski definition) is 3. The molecular weight excluding hydrogens is 288 g/mol. The lowest BCUT2D eigenvalue weighted by Crippen LogP contribution is -2.24. The van der Waals surface area contributed by atoms with E-state index in [9.17, 15) is 0 Å². The van der Waals surface area contributed by atoms with Crippen molar-refractivity contribution < 1.29 is 0 Å². The van der Waals surface area contributed by atoms with Crippen LogP contribution in [0, 0.1) is 0 Å². The van der Waals surface area contributed by atoms with E-state index >= 15 is 0 Å². The summed E-state index contributed by atoms with van der Waals surface area (Å²) < 4.78 is 0. The van der Waals surface area contributed by atoms with Crippen molar-refractivity contribution >= 4 is 28.6 Å². The summed E-state index contributed by atoms with van der Waals surface area (Å²) in [6.07, 6.45) is 3.41. The lowest BCUT2D eigenvalue weighted by atomic mass is 10.1. The van der Waals surface area contributed by atoms with Gasteiger partial charge in [0.25, 0.3) is 0 Å². The Morgan fingerprint density at radius 1 is 1.30 bits per heavy atom. The second kappa shape index (κ2) is 6.17. The molecule has 1 heterocycles. The summed E-state index contributed by atoms with van der Waals surface area (Å²) in [5.41, 5.74) is 7.98. The molecule has 3 rings (SSSR count). The van der Waals surface area contributed by atoms with E-state index < -0.39 is 0 Å². The maximum absolute atomic E-state index is 6.38. The molecule has 2 nitrogen and oxygen atoms in total. The van der Waals surface area contributed by atoms with Gasteiger partial charge in [0.05, 0.1) is 6.54 Å². The molecule has 0 saturated heterocycles. The normalized spacial score (nSPS) is 14.5. The topological polar surface area (TPSA) is 29.3 Å². The highest BCUT2D eigenvalue weighted by Gasteiger charge is 2.29. The molecule has 1 aromatic heterocycles. The first-order valence-corrected chi connectivity index (χ1v) is 8.31. The van der Waals surface area contributed by atoms with Crippen LogP contribution in [0.3, 0.4) is 0 Å². The number of thiophene rings is 1. The molecule has 4 heteroatoms. The van der Waals surface area contributed by atoms with Crippen LogP contribution in [0.4, 0.5) is 5.69 Å². The molecule has 0 aliphatic heterocycles. The third-order valence-electron chi connectivity index (χ3n) is 3.68. The fourth-order valence-electron chi connectivity index (χ4n) is 2.46. The zero-order valence-corrected chi connectivity index (χ0v) is 13.0. The van der Waals surface area contributed by atoms with Crippen molar-refractivity contribution in [1.29, 1.82) is 0 Å². The van der Waals surface area contributed by atoms with E-state index in [2.05, 4.69) is 40.6 Å². The van der Waals surface area contributed by atoms with Gasteiger partial charge in [0.15, 0.2) is 0 Å². The Kier molecular flexibility index (Phi) is 4.29. The molecule has 0 radical (unpaired) electrons. The fourth-order valence-corrected chi connectivity index (χ4v) is 3.43. The van der Waals surface area contributed by atoms with E-state index in [4.69, 9.17) is 17.3 Å². The molecule has 1 aliphatic rings. The molecule has 0 unspecified atom stereocenters. The molecule has 20 heavy (non-hydrogen) atoms. The molecule has 0 spiro atoms. The van der Waals surface area contributed by atoms with Crippen molar-refractivity contribution in [2.75, 3.05) is 11.4 Å². The van der Waals surface area contributed by atoms with Gasteiger partial charge in [0, 0.05) is 21.6 Å². The van der Waals surface area contributed by atoms with Crippen LogP contribution in [0.2, 0.25) is 5.02 Å². The average Bonchev–Trinajstić information content (AvgIpc) is 3.15. The third-order valence-corrected chi connectivity index (χ3v) is 4.89. The number of anilines is 1. The van der Waals surface area contributed by atoms with Crippen molar-refractivity contribution in [3.8, 4) is 0 Å². The van der Waals surface area contributed by atoms with Crippen molar-refractivity contribution in [1.82, 2.24) is 0 Å². The minimum absolute atomic E-state index is 0.639. The molecule has 106 valence electrons. The van der Waals surface area contributed by atoms with Crippen LogP contribution in [0.1, 0.15) is 23.3 Å². The van der Waals surface area contributed by atoms with Crippen LogP contribution in [0.5, 0.6) is 0 Å². The SMILES string of the molecule is NCCc1ccc(N(Cc2cccs2)C2CC2)cc1Cl. The van der Waals surface area contributed by atoms with E-state index in [0.29, 0.717) is 12.6 Å². The van der Waals surface area contributed by atoms with Crippen LogP contribution >= 0.6 is 22.9 Å². The summed E-state index contributed by atoms with van der Waals surface area (Å²) in [4.78, 5) is 3.88. The van der Waals surface area contributed by atoms with E-state index in [1.165, 1.54) is 23.4 Å². The van der Waals surface area contributed by atoms with Crippen molar-refractivity contribution in [2.45, 2.75) is 31.8 Å². The van der Waals surface area contributed by atoms with Crippen molar-refractivity contribution in [3.63, 3.8) is 0 Å². The van der Waals surface area contributed by atoms with Gasteiger partial charge in [-0.15, -0.1) is 11.3 Å². The number of hydrogen-bond donors (Lipinski definition) is 1. The van der Waals surface area contributed by atoms with Crippen molar-refractivity contribution in [3.05, 3.63) is 51.2 Å². The Bertz CT molecular complexity index is 564. The van der Waals surface area contributed by atoms with Gasteiger partial charge in [0.2, 0.25) is 0 Å². The van der Waals surface area contributed by atoms with Gasteiger partial charge >= 0.3 is 0 Å². The Labute approximate surface area is 129 Å². The quantitative estimate of drug-likeness (QED) is 0.871. The van der Waals surface area contributed by atoms with E-state index in [-0.39, 0.29) is 0 Å². The Hall–Kier alpha value is -1.03. The first-order chi connectivity index (χ1) is 9.78. The molecule has 2 aromatic rings. The first kappa shape index (κ1) is 13.9. The largest absolute Gasteiger partial charge is 0.363 e. The maximum atomic E-state index is 6.38. The van der Waals surface area contributed by atoms with Gasteiger partial charge in [-0.3, -0.25) is 0 Å². The van der Waals surface area contributed by atoms with Gasteiger partial charge in [-0.25, -0.2) is 0 Å². The lowest BCUT2D eigenvalue weighted by Gasteiger charge is -2.25. The Morgan fingerprint density at radius 2 is 2.15 bits per heavy atom. The van der Waals surface area contributed by atoms with E-state index in [1.54, 1.807) is 0 Å². The summed E-state index contributed by atoms with van der Waals surface area (Å²) in [6, 6.07) is 11.4. The van der Waals surface area contributed by atoms with Gasteiger partial charge in [-0.1, -0.05) is 23.7 Å². The molecular formula is C16H19ClN2S. The van der Waals surface area contributed by atoms with Crippen LogP contribution in [0.25, 0.3) is 0 Å². The highest BCUT2D eigenvalue weighted by molar-refractivity contribution is 7.09. The highest BCUT2D eigenvalue weighted by atomic mass is 35.5. The smallest absolute Gasteiger partial charge is 0.0525 e. The average molecular weight is 307 g/mol. The summed E-state index contributed by atoms with van der Waals surface area (Å²) in [5, 5.41) is 2.97.